The van der Waals surface area contributed by atoms with E-state index in [4.69, 9.17) is 26.8 Å². The predicted octanol–water partition coefficient (Wildman–Crippen LogP) is -0.275. The molecule has 0 spiro atoms. The van der Waals surface area contributed by atoms with E-state index in [-0.39, 0.29) is 16.2 Å². The van der Waals surface area contributed by atoms with Gasteiger partial charge in [-0.3, -0.25) is 0 Å². The molecule has 0 radical (unpaired) electrons. The maximum atomic E-state index is 9.06. The van der Waals surface area contributed by atoms with Crippen LogP contribution in [0.1, 0.15) is 0 Å². The smallest absolute Gasteiger partial charge is 0.493 e. The lowest BCUT2D eigenvalue weighted by Crippen LogP contribution is -2.30. The van der Waals surface area contributed by atoms with E-state index >= 15 is 0 Å². The van der Waals surface area contributed by atoms with Crippen molar-refractivity contribution in [3.05, 3.63) is 23.2 Å². The minimum Gasteiger partial charge on any atom is -0.508 e. The van der Waals surface area contributed by atoms with Crippen LogP contribution in [0.4, 0.5) is 0 Å². The van der Waals surface area contributed by atoms with Crippen LogP contribution >= 0.6 is 11.6 Å². The topological polar surface area (TPSA) is 60.7 Å². The highest BCUT2D eigenvalue weighted by Crippen LogP contribution is 2.12. The van der Waals surface area contributed by atoms with E-state index in [1.807, 2.05) is 0 Å². The summed E-state index contributed by atoms with van der Waals surface area (Å²) in [6, 6.07) is 4.32. The summed E-state index contributed by atoms with van der Waals surface area (Å²) in [7, 11) is -1.73. The quantitative estimate of drug-likeness (QED) is 0.511. The Labute approximate surface area is 69.0 Å². The molecule has 0 bridgehead atoms. The number of aromatic hydroxyl groups is 1. The molecular weight excluding hydrogens is 166 g/mol. The third-order valence-electron chi connectivity index (χ3n) is 1.29. The van der Waals surface area contributed by atoms with Crippen LogP contribution in [0.25, 0.3) is 0 Å². The first-order chi connectivity index (χ1) is 5.13. The molecule has 0 aliphatic heterocycles. The Bertz CT molecular complexity index is 244. The number of hydrogen-bond donors (Lipinski definition) is 3. The largest absolute Gasteiger partial charge is 0.508 e. The third kappa shape index (κ3) is 1.65. The molecule has 1 rings (SSSR count). The summed E-state index contributed by atoms with van der Waals surface area (Å²) in [6.45, 7) is 0. The maximum absolute atomic E-state index is 9.06. The van der Waals surface area contributed by atoms with Crippen molar-refractivity contribution in [2.24, 2.45) is 0 Å². The molecule has 0 saturated heterocycles. The maximum Gasteiger partial charge on any atom is 0.493 e. The lowest BCUT2D eigenvalue weighted by Gasteiger charge is -2.03. The van der Waals surface area contributed by atoms with Crippen LogP contribution in [0.3, 0.4) is 0 Å². The number of halogens is 1. The molecule has 0 amide bonds. The summed E-state index contributed by atoms with van der Waals surface area (Å²) in [5.41, 5.74) is -0.0610. The Balaban J connectivity index is 3.21. The van der Waals surface area contributed by atoms with Gasteiger partial charge < -0.3 is 15.2 Å². The molecule has 0 atom stereocenters. The van der Waals surface area contributed by atoms with Crippen LogP contribution in [0.5, 0.6) is 5.75 Å². The summed E-state index contributed by atoms with van der Waals surface area (Å²) >= 11 is 5.54. The van der Waals surface area contributed by atoms with Gasteiger partial charge in [0.05, 0.1) is 0 Å². The minimum atomic E-state index is -1.73. The minimum absolute atomic E-state index is 0.0610. The second-order valence-corrected chi connectivity index (χ2v) is 2.45. The molecule has 58 valence electrons. The van der Waals surface area contributed by atoms with Crippen molar-refractivity contribution in [1.82, 2.24) is 0 Å². The summed E-state index contributed by atoms with van der Waals surface area (Å²) < 4.78 is 0. The number of phenolic OH excluding ortho intramolecular Hbond substituents is 1. The Morgan fingerprint density at radius 2 is 1.91 bits per heavy atom. The molecule has 0 heterocycles. The van der Waals surface area contributed by atoms with Gasteiger partial charge >= 0.3 is 7.12 Å². The number of hydrogen-bond acceptors (Lipinski definition) is 3. The molecule has 1 aromatic carbocycles. The summed E-state index contributed by atoms with van der Waals surface area (Å²) in [5.74, 6) is -0.215. The average Bonchev–Trinajstić information content (AvgIpc) is 1.85. The van der Waals surface area contributed by atoms with Gasteiger partial charge in [-0.2, -0.15) is 0 Å². The first kappa shape index (κ1) is 8.39. The van der Waals surface area contributed by atoms with Crippen molar-refractivity contribution in [3.8, 4) is 5.75 Å². The molecule has 3 nitrogen and oxygen atoms in total. The van der Waals surface area contributed by atoms with Gasteiger partial charge in [0.15, 0.2) is 0 Å². The van der Waals surface area contributed by atoms with Gasteiger partial charge in [0.25, 0.3) is 0 Å². The van der Waals surface area contributed by atoms with E-state index < -0.39 is 7.12 Å². The average molecular weight is 172 g/mol. The fourth-order valence-electron chi connectivity index (χ4n) is 0.781. The molecular formula is C6H6BClO3. The molecule has 0 aliphatic rings. The van der Waals surface area contributed by atoms with Crippen molar-refractivity contribution in [1.29, 1.82) is 0 Å². The summed E-state index contributed by atoms with van der Waals surface area (Å²) in [4.78, 5) is 0. The van der Waals surface area contributed by atoms with E-state index in [0.717, 1.165) is 0 Å². The summed E-state index contributed by atoms with van der Waals surface area (Å²) in [5, 5.41) is 26.6. The fourth-order valence-corrected chi connectivity index (χ4v) is 1.05. The van der Waals surface area contributed by atoms with E-state index in [1.165, 1.54) is 18.2 Å². The molecule has 1 aromatic rings. The Hall–Kier alpha value is -0.705. The normalized spacial score (nSPS) is 9.73. The monoisotopic (exact) mass is 172 g/mol. The summed E-state index contributed by atoms with van der Waals surface area (Å²) in [6.07, 6.45) is 0. The lowest BCUT2D eigenvalue weighted by molar-refractivity contribution is 0.419. The van der Waals surface area contributed by atoms with Crippen molar-refractivity contribution in [3.63, 3.8) is 0 Å². The van der Waals surface area contributed by atoms with Gasteiger partial charge in [-0.05, 0) is 12.1 Å². The van der Waals surface area contributed by atoms with Crippen molar-refractivity contribution in [2.45, 2.75) is 0 Å². The zero-order valence-electron chi connectivity index (χ0n) is 5.53. The van der Waals surface area contributed by atoms with Crippen LogP contribution in [-0.2, 0) is 0 Å². The predicted molar refractivity (Wildman–Crippen MR) is 42.9 cm³/mol. The molecule has 5 heteroatoms. The van der Waals surface area contributed by atoms with E-state index in [1.54, 1.807) is 0 Å². The number of benzene rings is 1. The van der Waals surface area contributed by atoms with Crippen LogP contribution in [-0.4, -0.2) is 22.3 Å². The molecule has 11 heavy (non-hydrogen) atoms. The molecule has 0 aliphatic carbocycles. The molecule has 0 aromatic heterocycles. The molecule has 3 N–H and O–H groups in total. The number of phenols is 1. The van der Waals surface area contributed by atoms with Crippen LogP contribution in [0.2, 0.25) is 5.02 Å². The Kier molecular flexibility index (Phi) is 2.39. The second kappa shape index (κ2) is 3.13. The SMILES string of the molecule is OB(O)c1c(O)cccc1Cl. The molecule has 0 fully saturated rings. The van der Waals surface area contributed by atoms with Gasteiger partial charge in [-0.25, -0.2) is 0 Å². The highest BCUT2D eigenvalue weighted by Gasteiger charge is 2.18. The lowest BCUT2D eigenvalue weighted by atomic mass is 9.79. The van der Waals surface area contributed by atoms with Crippen LogP contribution in [0, 0.1) is 0 Å². The Morgan fingerprint density at radius 3 is 2.27 bits per heavy atom. The van der Waals surface area contributed by atoms with Gasteiger partial charge in [-0.1, -0.05) is 17.7 Å². The zero-order valence-corrected chi connectivity index (χ0v) is 6.28. The second-order valence-electron chi connectivity index (χ2n) is 2.05. The van der Waals surface area contributed by atoms with Crippen molar-refractivity contribution in [2.75, 3.05) is 0 Å². The van der Waals surface area contributed by atoms with E-state index in [2.05, 4.69) is 0 Å². The molecule has 0 saturated carbocycles. The van der Waals surface area contributed by atoms with E-state index in [0.29, 0.717) is 0 Å². The van der Waals surface area contributed by atoms with Crippen molar-refractivity contribution < 1.29 is 15.2 Å². The fraction of sp³-hybridized carbons (Fsp3) is 0. The first-order valence-electron chi connectivity index (χ1n) is 2.96. The van der Waals surface area contributed by atoms with Gasteiger partial charge in [0.2, 0.25) is 0 Å². The van der Waals surface area contributed by atoms with E-state index in [9.17, 15) is 0 Å². The Morgan fingerprint density at radius 1 is 1.27 bits per heavy atom. The van der Waals surface area contributed by atoms with Crippen LogP contribution in [0.15, 0.2) is 18.2 Å². The molecule has 0 unspecified atom stereocenters. The standard InChI is InChI=1S/C6H6BClO3/c8-4-2-1-3-5(9)6(4)7(10)11/h1-3,9-11H. The van der Waals surface area contributed by atoms with Gasteiger partial charge in [0, 0.05) is 10.5 Å². The first-order valence-corrected chi connectivity index (χ1v) is 3.34. The van der Waals surface area contributed by atoms with Gasteiger partial charge in [0.1, 0.15) is 5.75 Å². The highest BCUT2D eigenvalue weighted by atomic mass is 35.5. The van der Waals surface area contributed by atoms with Crippen molar-refractivity contribution >= 4 is 24.2 Å². The number of rotatable bonds is 1. The zero-order chi connectivity index (χ0) is 8.43. The third-order valence-corrected chi connectivity index (χ3v) is 1.62. The van der Waals surface area contributed by atoms with Crippen LogP contribution < -0.4 is 5.46 Å². The van der Waals surface area contributed by atoms with Gasteiger partial charge in [-0.15, -0.1) is 0 Å². The highest BCUT2D eigenvalue weighted by molar-refractivity contribution is 6.63.